The summed E-state index contributed by atoms with van der Waals surface area (Å²) in [5.74, 6) is -0.495. The molecule has 3 rings (SSSR count). The summed E-state index contributed by atoms with van der Waals surface area (Å²) in [7, 11) is 3.92. The largest absolute Gasteiger partial charge is 0.451 e. The predicted molar refractivity (Wildman–Crippen MR) is 94.4 cm³/mol. The molecule has 4 nitrogen and oxygen atoms in total. The smallest absolute Gasteiger partial charge is 0.291 e. The number of carbonyl (C=O) groups excluding carboxylic acids is 1. The van der Waals surface area contributed by atoms with Gasteiger partial charge in [-0.3, -0.25) is 4.79 Å². The molecule has 1 heterocycles. The summed E-state index contributed by atoms with van der Waals surface area (Å²) in [6.45, 7) is 3.69. The van der Waals surface area contributed by atoms with Crippen molar-refractivity contribution in [3.05, 3.63) is 59.1 Å². The second kappa shape index (κ2) is 6.00. The summed E-state index contributed by atoms with van der Waals surface area (Å²) in [5, 5.41) is 3.48. The fourth-order valence-electron chi connectivity index (χ4n) is 2.66. The number of benzene rings is 2. The van der Waals surface area contributed by atoms with Gasteiger partial charge in [0, 0.05) is 36.4 Å². The van der Waals surface area contributed by atoms with E-state index in [1.165, 1.54) is 18.2 Å². The van der Waals surface area contributed by atoms with Crippen LogP contribution in [0, 0.1) is 19.7 Å². The fraction of sp³-hybridized carbons (Fsp3) is 0.211. The zero-order valence-electron chi connectivity index (χ0n) is 14.1. The zero-order chi connectivity index (χ0) is 17.4. The van der Waals surface area contributed by atoms with E-state index in [0.717, 1.165) is 16.9 Å². The van der Waals surface area contributed by atoms with Gasteiger partial charge in [-0.05, 0) is 55.8 Å². The number of fused-ring (bicyclic) bond motifs is 1. The van der Waals surface area contributed by atoms with Crippen LogP contribution in [0.2, 0.25) is 0 Å². The summed E-state index contributed by atoms with van der Waals surface area (Å²) >= 11 is 0. The van der Waals surface area contributed by atoms with Crippen LogP contribution in [-0.2, 0) is 0 Å². The van der Waals surface area contributed by atoms with Crippen LogP contribution in [-0.4, -0.2) is 20.0 Å². The van der Waals surface area contributed by atoms with E-state index in [-0.39, 0.29) is 17.5 Å². The Labute approximate surface area is 139 Å². The first-order valence-electron chi connectivity index (χ1n) is 7.65. The molecule has 0 fully saturated rings. The van der Waals surface area contributed by atoms with Crippen LogP contribution in [0.5, 0.6) is 0 Å². The minimum Gasteiger partial charge on any atom is -0.451 e. The van der Waals surface area contributed by atoms with E-state index in [9.17, 15) is 9.18 Å². The number of aryl methyl sites for hydroxylation is 2. The Morgan fingerprint density at radius 1 is 1.12 bits per heavy atom. The Morgan fingerprint density at radius 3 is 2.54 bits per heavy atom. The second-order valence-electron chi connectivity index (χ2n) is 6.04. The maximum absolute atomic E-state index is 13.4. The van der Waals surface area contributed by atoms with Gasteiger partial charge in [-0.1, -0.05) is 0 Å². The van der Waals surface area contributed by atoms with Crippen LogP contribution in [0.15, 0.2) is 40.8 Å². The lowest BCUT2D eigenvalue weighted by atomic mass is 10.1. The molecule has 0 aliphatic heterocycles. The third kappa shape index (κ3) is 2.85. The molecule has 0 atom stereocenters. The van der Waals surface area contributed by atoms with Gasteiger partial charge in [0.2, 0.25) is 0 Å². The normalized spacial score (nSPS) is 10.9. The van der Waals surface area contributed by atoms with Gasteiger partial charge in [0.15, 0.2) is 5.76 Å². The van der Waals surface area contributed by atoms with Crippen LogP contribution in [0.3, 0.4) is 0 Å². The van der Waals surface area contributed by atoms with Crippen LogP contribution in [0.25, 0.3) is 11.0 Å². The summed E-state index contributed by atoms with van der Waals surface area (Å²) in [6.07, 6.45) is 0. The SMILES string of the molecule is Cc1cc(N(C)C)ccc1NC(=O)c1oc2ccc(F)cc2c1C. The summed E-state index contributed by atoms with van der Waals surface area (Å²) in [4.78, 5) is 14.5. The van der Waals surface area contributed by atoms with Crippen LogP contribution >= 0.6 is 0 Å². The molecule has 2 aromatic carbocycles. The van der Waals surface area contributed by atoms with E-state index in [4.69, 9.17) is 4.42 Å². The number of carbonyl (C=O) groups is 1. The molecule has 0 saturated carbocycles. The van der Waals surface area contributed by atoms with Gasteiger partial charge in [-0.15, -0.1) is 0 Å². The number of rotatable bonds is 3. The molecule has 0 aliphatic carbocycles. The first-order chi connectivity index (χ1) is 11.4. The van der Waals surface area contributed by atoms with Crippen LogP contribution < -0.4 is 10.2 Å². The first kappa shape index (κ1) is 16.1. The number of nitrogens with zero attached hydrogens (tertiary/aromatic N) is 1. The lowest BCUT2D eigenvalue weighted by Gasteiger charge is -2.15. The molecule has 1 N–H and O–H groups in total. The van der Waals surface area contributed by atoms with Crippen LogP contribution in [0.1, 0.15) is 21.7 Å². The number of anilines is 2. The molecule has 24 heavy (non-hydrogen) atoms. The van der Waals surface area contributed by atoms with Crippen molar-refractivity contribution in [2.24, 2.45) is 0 Å². The van der Waals surface area contributed by atoms with Crippen molar-refractivity contribution in [1.29, 1.82) is 0 Å². The highest BCUT2D eigenvalue weighted by molar-refractivity contribution is 6.06. The Morgan fingerprint density at radius 2 is 1.88 bits per heavy atom. The summed E-state index contributed by atoms with van der Waals surface area (Å²) in [6, 6.07) is 10.0. The minimum absolute atomic E-state index is 0.201. The van der Waals surface area contributed by atoms with E-state index >= 15 is 0 Å². The maximum atomic E-state index is 13.4. The zero-order valence-corrected chi connectivity index (χ0v) is 14.1. The number of furan rings is 1. The summed E-state index contributed by atoms with van der Waals surface area (Å²) in [5.41, 5.74) is 3.86. The molecule has 0 radical (unpaired) electrons. The van der Waals surface area contributed by atoms with E-state index in [0.29, 0.717) is 16.5 Å². The number of hydrogen-bond acceptors (Lipinski definition) is 3. The molecule has 0 saturated heterocycles. The van der Waals surface area contributed by atoms with Crippen molar-refractivity contribution in [2.75, 3.05) is 24.3 Å². The Hall–Kier alpha value is -2.82. The molecule has 0 spiro atoms. The van der Waals surface area contributed by atoms with Crippen molar-refractivity contribution in [3.8, 4) is 0 Å². The topological polar surface area (TPSA) is 45.5 Å². The maximum Gasteiger partial charge on any atom is 0.291 e. The lowest BCUT2D eigenvalue weighted by Crippen LogP contribution is -2.14. The first-order valence-corrected chi connectivity index (χ1v) is 7.65. The van der Waals surface area contributed by atoms with Gasteiger partial charge in [0.1, 0.15) is 11.4 Å². The van der Waals surface area contributed by atoms with Gasteiger partial charge in [0.05, 0.1) is 0 Å². The Kier molecular flexibility index (Phi) is 4.01. The second-order valence-corrected chi connectivity index (χ2v) is 6.04. The van der Waals surface area contributed by atoms with Crippen LogP contribution in [0.4, 0.5) is 15.8 Å². The molecular formula is C19H19FN2O2. The average Bonchev–Trinajstić information content (AvgIpc) is 2.86. The molecule has 124 valence electrons. The van der Waals surface area contributed by atoms with Crippen molar-refractivity contribution < 1.29 is 13.6 Å². The number of amides is 1. The molecule has 5 heteroatoms. The molecule has 3 aromatic rings. The Balaban J connectivity index is 1.92. The molecular weight excluding hydrogens is 307 g/mol. The quantitative estimate of drug-likeness (QED) is 0.770. The lowest BCUT2D eigenvalue weighted by molar-refractivity contribution is 0.0998. The Bertz CT molecular complexity index is 929. The third-order valence-electron chi connectivity index (χ3n) is 4.08. The van der Waals surface area contributed by atoms with Gasteiger partial charge in [0.25, 0.3) is 5.91 Å². The van der Waals surface area contributed by atoms with Crippen molar-refractivity contribution in [1.82, 2.24) is 0 Å². The van der Waals surface area contributed by atoms with E-state index in [2.05, 4.69) is 5.32 Å². The molecule has 0 aliphatic rings. The van der Waals surface area contributed by atoms with Gasteiger partial charge in [-0.25, -0.2) is 4.39 Å². The van der Waals surface area contributed by atoms with E-state index < -0.39 is 0 Å². The average molecular weight is 326 g/mol. The minimum atomic E-state index is -0.353. The van der Waals surface area contributed by atoms with Gasteiger partial charge < -0.3 is 14.6 Å². The van der Waals surface area contributed by atoms with Crippen molar-refractivity contribution >= 4 is 28.3 Å². The van der Waals surface area contributed by atoms with Gasteiger partial charge >= 0.3 is 0 Å². The molecule has 1 aromatic heterocycles. The van der Waals surface area contributed by atoms with E-state index in [1.54, 1.807) is 6.92 Å². The molecule has 0 bridgehead atoms. The molecule has 1 amide bonds. The highest BCUT2D eigenvalue weighted by Crippen LogP contribution is 2.27. The highest BCUT2D eigenvalue weighted by Gasteiger charge is 2.18. The standard InChI is InChI=1S/C19H19FN2O2/c1-11-9-14(22(3)4)6-7-16(11)21-19(23)18-12(2)15-10-13(20)5-8-17(15)24-18/h5-10H,1-4H3,(H,21,23). The number of nitrogens with one attached hydrogen (secondary N) is 1. The third-order valence-corrected chi connectivity index (χ3v) is 4.08. The van der Waals surface area contributed by atoms with E-state index in [1.807, 2.05) is 44.1 Å². The van der Waals surface area contributed by atoms with Crippen molar-refractivity contribution in [2.45, 2.75) is 13.8 Å². The van der Waals surface area contributed by atoms with Crippen molar-refractivity contribution in [3.63, 3.8) is 0 Å². The molecule has 0 unspecified atom stereocenters. The fourth-order valence-corrected chi connectivity index (χ4v) is 2.66. The number of hydrogen-bond donors (Lipinski definition) is 1. The monoisotopic (exact) mass is 326 g/mol. The highest BCUT2D eigenvalue weighted by atomic mass is 19.1. The number of halogens is 1. The summed E-state index contributed by atoms with van der Waals surface area (Å²) < 4.78 is 19.0. The predicted octanol–water partition coefficient (Wildman–Crippen LogP) is 4.51. The van der Waals surface area contributed by atoms with Gasteiger partial charge in [-0.2, -0.15) is 0 Å².